The Labute approximate surface area is 215 Å². The Balaban J connectivity index is 1.75. The summed E-state index contributed by atoms with van der Waals surface area (Å²) in [5, 5.41) is 12.4. The lowest BCUT2D eigenvalue weighted by atomic mass is 9.92. The van der Waals surface area contributed by atoms with E-state index in [2.05, 4.69) is 10.3 Å². The number of carboxylic acids is 1. The Hall–Kier alpha value is -3.25. The number of carbonyl (C=O) groups excluding carboxylic acids is 1. The summed E-state index contributed by atoms with van der Waals surface area (Å²) in [5.74, 6) is -0.795. The van der Waals surface area contributed by atoms with Crippen LogP contribution in [0.5, 0.6) is 0 Å². The molecule has 38 heavy (non-hydrogen) atoms. The highest BCUT2D eigenvalue weighted by Gasteiger charge is 2.37. The van der Waals surface area contributed by atoms with Gasteiger partial charge in [-0.3, -0.25) is 4.99 Å². The van der Waals surface area contributed by atoms with Gasteiger partial charge in [-0.1, -0.05) is 13.8 Å². The number of ether oxygens (including phenoxy) is 1. The number of halogens is 6. The summed E-state index contributed by atoms with van der Waals surface area (Å²) in [6, 6.07) is 0.191. The van der Waals surface area contributed by atoms with Crippen LogP contribution >= 0.6 is 0 Å². The molecule has 2 N–H and O–H groups in total. The number of alkyl halides is 6. The van der Waals surface area contributed by atoms with Crippen LogP contribution in [-0.2, 0) is 28.5 Å². The Bertz CT molecular complexity index is 1070. The number of aliphatic imine (C=N–C) groups is 1. The van der Waals surface area contributed by atoms with E-state index >= 15 is 0 Å². The zero-order valence-corrected chi connectivity index (χ0v) is 20.8. The molecule has 2 atom stereocenters. The van der Waals surface area contributed by atoms with Crippen LogP contribution in [-0.4, -0.2) is 53.6 Å². The number of aliphatic carboxylic acids is 1. The van der Waals surface area contributed by atoms with Crippen molar-refractivity contribution in [2.75, 3.05) is 19.6 Å². The summed E-state index contributed by atoms with van der Waals surface area (Å²) in [6.07, 6.45) is -7.16. The van der Waals surface area contributed by atoms with Gasteiger partial charge in [-0.25, -0.2) is 9.59 Å². The predicted molar refractivity (Wildman–Crippen MR) is 125 cm³/mol. The fourth-order valence-corrected chi connectivity index (χ4v) is 4.45. The molecular weight excluding hydrogens is 520 g/mol. The summed E-state index contributed by atoms with van der Waals surface area (Å²) >= 11 is 0. The van der Waals surface area contributed by atoms with Crippen molar-refractivity contribution < 1.29 is 45.8 Å². The van der Waals surface area contributed by atoms with E-state index in [9.17, 15) is 41.0 Å². The minimum atomic E-state index is -5.01. The molecule has 3 rings (SSSR count). The van der Waals surface area contributed by atoms with Gasteiger partial charge < -0.3 is 20.1 Å². The summed E-state index contributed by atoms with van der Waals surface area (Å²) in [4.78, 5) is 30.2. The lowest BCUT2D eigenvalue weighted by Gasteiger charge is -2.23. The maximum absolute atomic E-state index is 13.1. The Morgan fingerprint density at radius 3 is 2.29 bits per heavy atom. The van der Waals surface area contributed by atoms with E-state index in [1.54, 1.807) is 19.9 Å². The van der Waals surface area contributed by atoms with Gasteiger partial charge in [0, 0.05) is 19.6 Å². The Morgan fingerprint density at radius 2 is 1.74 bits per heavy atom. The molecule has 1 amide bonds. The standard InChI is InChI=1S/C25H29F6N3O4/c1-14(2)21(22(35)36)33-20-10-17-12-34(7-3-4-16(17)5-6-32-20)23(37)38-13-15-8-18(24(26,27)28)11-19(9-15)25(29,30)31/h8-11,14,16,21H,3-7,12-13H2,1-2H3,(H,32,33)(H,35,36). The summed E-state index contributed by atoms with van der Waals surface area (Å²) in [5.41, 5.74) is -2.59. The number of carboxylic acid groups (broad SMARTS) is 1. The maximum Gasteiger partial charge on any atom is 0.416 e. The average Bonchev–Trinajstić information content (AvgIpc) is 3.12. The third-order valence-electron chi connectivity index (χ3n) is 6.46. The van der Waals surface area contributed by atoms with E-state index in [1.807, 2.05) is 0 Å². The minimum Gasteiger partial charge on any atom is -0.480 e. The molecule has 0 aromatic heterocycles. The largest absolute Gasteiger partial charge is 0.480 e. The van der Waals surface area contributed by atoms with Gasteiger partial charge in [0.25, 0.3) is 0 Å². The summed E-state index contributed by atoms with van der Waals surface area (Å²) < 4.78 is 83.9. The molecule has 1 fully saturated rings. The molecule has 0 aliphatic carbocycles. The van der Waals surface area contributed by atoms with Crippen molar-refractivity contribution in [1.29, 1.82) is 0 Å². The molecule has 2 unspecified atom stereocenters. The van der Waals surface area contributed by atoms with Crippen molar-refractivity contribution >= 4 is 17.9 Å². The van der Waals surface area contributed by atoms with Crippen LogP contribution in [0.3, 0.4) is 0 Å². The molecule has 0 bridgehead atoms. The van der Waals surface area contributed by atoms with Gasteiger partial charge in [0.2, 0.25) is 0 Å². The molecule has 1 aromatic rings. The number of hydrogen-bond acceptors (Lipinski definition) is 5. The third-order valence-corrected chi connectivity index (χ3v) is 6.46. The van der Waals surface area contributed by atoms with E-state index in [0.717, 1.165) is 12.0 Å². The van der Waals surface area contributed by atoms with Gasteiger partial charge in [0.1, 0.15) is 18.5 Å². The lowest BCUT2D eigenvalue weighted by molar-refractivity contribution is -0.143. The van der Waals surface area contributed by atoms with E-state index in [4.69, 9.17) is 4.74 Å². The van der Waals surface area contributed by atoms with Crippen LogP contribution in [0.1, 0.15) is 49.8 Å². The Kier molecular flexibility index (Phi) is 8.98. The van der Waals surface area contributed by atoms with E-state index in [0.29, 0.717) is 37.4 Å². The quantitative estimate of drug-likeness (QED) is 0.474. The first-order chi connectivity index (χ1) is 17.6. The third kappa shape index (κ3) is 7.64. The number of nitrogens with zero attached hydrogens (tertiary/aromatic N) is 2. The molecule has 1 aromatic carbocycles. The fourth-order valence-electron chi connectivity index (χ4n) is 4.45. The van der Waals surface area contributed by atoms with Crippen LogP contribution in [0.4, 0.5) is 31.1 Å². The van der Waals surface area contributed by atoms with Crippen molar-refractivity contribution in [3.8, 4) is 0 Å². The highest BCUT2D eigenvalue weighted by Crippen LogP contribution is 2.36. The summed E-state index contributed by atoms with van der Waals surface area (Å²) in [6.45, 7) is 3.59. The Morgan fingerprint density at radius 1 is 1.11 bits per heavy atom. The van der Waals surface area contributed by atoms with E-state index < -0.39 is 53.8 Å². The fraction of sp³-hybridized carbons (Fsp3) is 0.560. The number of hydrogen-bond donors (Lipinski definition) is 2. The molecule has 210 valence electrons. The number of rotatable bonds is 5. The molecule has 7 nitrogen and oxygen atoms in total. The number of likely N-dealkylation sites (tertiary alicyclic amines) is 1. The minimum absolute atomic E-state index is 0.0141. The van der Waals surface area contributed by atoms with Gasteiger partial charge >= 0.3 is 24.4 Å². The SMILES string of the molecule is CC(C)C(NC1=NCCC2CCCN(C(=O)OCc3cc(C(F)(F)F)cc(C(F)(F)F)c3)CC2=C1)C(=O)O. The van der Waals surface area contributed by atoms with E-state index in [-0.39, 0.29) is 31.0 Å². The molecule has 1 saturated heterocycles. The molecule has 2 heterocycles. The number of fused-ring (bicyclic) bond motifs is 1. The number of benzene rings is 1. The van der Waals surface area contributed by atoms with Crippen LogP contribution in [0.25, 0.3) is 0 Å². The molecule has 13 heteroatoms. The maximum atomic E-state index is 13.1. The van der Waals surface area contributed by atoms with Gasteiger partial charge in [0.15, 0.2) is 0 Å². The van der Waals surface area contributed by atoms with Crippen molar-refractivity contribution in [1.82, 2.24) is 10.2 Å². The molecule has 2 aliphatic heterocycles. The van der Waals surface area contributed by atoms with E-state index in [1.165, 1.54) is 4.90 Å². The average molecular weight is 550 g/mol. The first kappa shape index (κ1) is 29.3. The van der Waals surface area contributed by atoms with Crippen molar-refractivity contribution in [2.45, 2.75) is 58.1 Å². The molecular formula is C25H29F6N3O4. The van der Waals surface area contributed by atoms with Gasteiger partial charge in [-0.15, -0.1) is 0 Å². The van der Waals surface area contributed by atoms with Gasteiger partial charge in [-0.2, -0.15) is 26.3 Å². The monoisotopic (exact) mass is 549 g/mol. The molecule has 0 radical (unpaired) electrons. The first-order valence-electron chi connectivity index (χ1n) is 12.1. The van der Waals surface area contributed by atoms with Crippen molar-refractivity contribution in [2.24, 2.45) is 16.8 Å². The smallest absolute Gasteiger partial charge is 0.416 e. The zero-order valence-electron chi connectivity index (χ0n) is 20.8. The second-order valence-corrected chi connectivity index (χ2v) is 9.71. The lowest BCUT2D eigenvalue weighted by Crippen LogP contribution is -2.44. The van der Waals surface area contributed by atoms with Crippen LogP contribution in [0.15, 0.2) is 34.8 Å². The molecule has 2 aliphatic rings. The first-order valence-corrected chi connectivity index (χ1v) is 12.1. The second kappa shape index (κ2) is 11.6. The second-order valence-electron chi connectivity index (χ2n) is 9.71. The van der Waals surface area contributed by atoms with Crippen LogP contribution in [0.2, 0.25) is 0 Å². The topological polar surface area (TPSA) is 91.2 Å². The van der Waals surface area contributed by atoms with Crippen LogP contribution < -0.4 is 5.32 Å². The number of nitrogens with one attached hydrogen (secondary N) is 1. The number of carbonyl (C=O) groups is 2. The highest BCUT2D eigenvalue weighted by atomic mass is 19.4. The number of amides is 1. The molecule has 0 saturated carbocycles. The van der Waals surface area contributed by atoms with Crippen molar-refractivity contribution in [3.63, 3.8) is 0 Å². The van der Waals surface area contributed by atoms with Gasteiger partial charge in [-0.05, 0) is 66.5 Å². The zero-order chi connectivity index (χ0) is 28.3. The summed E-state index contributed by atoms with van der Waals surface area (Å²) in [7, 11) is 0. The normalized spacial score (nSPS) is 19.5. The number of amidine groups is 1. The highest BCUT2D eigenvalue weighted by molar-refractivity contribution is 5.96. The predicted octanol–water partition coefficient (Wildman–Crippen LogP) is 5.50. The van der Waals surface area contributed by atoms with Crippen molar-refractivity contribution in [3.05, 3.63) is 46.5 Å². The van der Waals surface area contributed by atoms with Crippen LogP contribution in [0, 0.1) is 11.8 Å². The van der Waals surface area contributed by atoms with Gasteiger partial charge in [0.05, 0.1) is 11.1 Å². The molecule has 0 spiro atoms.